The number of thioether (sulfide) groups is 1. The van der Waals surface area contributed by atoms with Crippen molar-refractivity contribution in [3.05, 3.63) is 17.1 Å². The van der Waals surface area contributed by atoms with Gasteiger partial charge in [-0.2, -0.15) is 11.8 Å². The molecule has 110 valence electrons. The number of nitrogens with zero attached hydrogens (tertiary/aromatic N) is 2. The normalized spacial score (nSPS) is 29.2. The number of rotatable bonds is 3. The minimum atomic E-state index is -0.286. The molecule has 0 saturated heterocycles. The Hall–Kier alpha value is -0.810. The lowest BCUT2D eigenvalue weighted by Gasteiger charge is -2.37. The summed E-state index contributed by atoms with van der Waals surface area (Å²) in [5.74, 6) is 4.56. The molecule has 1 aliphatic carbocycles. The molecule has 2 aliphatic rings. The van der Waals surface area contributed by atoms with E-state index in [9.17, 15) is 0 Å². The molecule has 2 heterocycles. The largest absolute Gasteiger partial charge is 0.373 e. The number of nitrogens with one attached hydrogen (secondary N) is 1. The Morgan fingerprint density at radius 3 is 2.90 bits per heavy atom. The maximum absolute atomic E-state index is 5.93. The second-order valence-corrected chi connectivity index (χ2v) is 6.95. The van der Waals surface area contributed by atoms with Gasteiger partial charge in [-0.25, -0.2) is 9.97 Å². The molecule has 0 bridgehead atoms. The molecule has 0 radical (unpaired) electrons. The van der Waals surface area contributed by atoms with E-state index in [1.54, 1.807) is 0 Å². The van der Waals surface area contributed by atoms with Gasteiger partial charge in [-0.15, -0.1) is 0 Å². The van der Waals surface area contributed by atoms with E-state index in [0.29, 0.717) is 5.92 Å². The van der Waals surface area contributed by atoms with Crippen LogP contribution >= 0.6 is 11.8 Å². The van der Waals surface area contributed by atoms with E-state index in [-0.39, 0.29) is 5.60 Å². The van der Waals surface area contributed by atoms with Crippen molar-refractivity contribution in [3.63, 3.8) is 0 Å². The molecule has 20 heavy (non-hydrogen) atoms. The molecule has 4 nitrogen and oxygen atoms in total. The quantitative estimate of drug-likeness (QED) is 0.926. The van der Waals surface area contributed by atoms with Crippen molar-refractivity contribution in [1.29, 1.82) is 0 Å². The SMILES string of the molecule is CNc1nc(C2(OC)CCCC(C)C2)nc2c1CSC2. The van der Waals surface area contributed by atoms with Gasteiger partial charge in [-0.1, -0.05) is 13.3 Å². The second-order valence-electron chi connectivity index (χ2n) is 5.96. The average Bonchev–Trinajstić information content (AvgIpc) is 2.94. The first-order valence-corrected chi connectivity index (χ1v) is 8.55. The van der Waals surface area contributed by atoms with Gasteiger partial charge in [-0.3, -0.25) is 0 Å². The summed E-state index contributed by atoms with van der Waals surface area (Å²) >= 11 is 1.91. The van der Waals surface area contributed by atoms with Crippen LogP contribution in [0.4, 0.5) is 5.82 Å². The zero-order chi connectivity index (χ0) is 14.2. The van der Waals surface area contributed by atoms with Gasteiger partial charge in [0.25, 0.3) is 0 Å². The molecule has 3 rings (SSSR count). The fourth-order valence-corrected chi connectivity index (χ4v) is 4.49. The molecular formula is C15H23N3OS. The molecule has 0 spiro atoms. The molecule has 1 saturated carbocycles. The molecular weight excluding hydrogens is 270 g/mol. The number of fused-ring (bicyclic) bond motifs is 1. The molecule has 2 unspecified atom stereocenters. The minimum Gasteiger partial charge on any atom is -0.373 e. The van der Waals surface area contributed by atoms with Crippen LogP contribution in [0.5, 0.6) is 0 Å². The van der Waals surface area contributed by atoms with Crippen LogP contribution in [0.25, 0.3) is 0 Å². The van der Waals surface area contributed by atoms with Crippen molar-refractivity contribution < 1.29 is 4.74 Å². The number of aromatic nitrogens is 2. The first kappa shape index (κ1) is 14.1. The Morgan fingerprint density at radius 2 is 2.20 bits per heavy atom. The lowest BCUT2D eigenvalue weighted by Crippen LogP contribution is -2.36. The molecule has 1 aromatic rings. The fraction of sp³-hybridized carbons (Fsp3) is 0.733. The summed E-state index contributed by atoms with van der Waals surface area (Å²) < 4.78 is 5.93. The number of anilines is 1. The highest BCUT2D eigenvalue weighted by Gasteiger charge is 2.40. The van der Waals surface area contributed by atoms with Crippen LogP contribution in [-0.4, -0.2) is 24.1 Å². The third-order valence-corrected chi connectivity index (χ3v) is 5.54. The van der Waals surface area contributed by atoms with Crippen molar-refractivity contribution >= 4 is 17.6 Å². The first-order valence-electron chi connectivity index (χ1n) is 7.39. The lowest BCUT2D eigenvalue weighted by atomic mass is 9.78. The molecule has 0 aromatic carbocycles. The van der Waals surface area contributed by atoms with Crippen LogP contribution in [0.3, 0.4) is 0 Å². The summed E-state index contributed by atoms with van der Waals surface area (Å²) in [6.45, 7) is 2.30. The Labute approximate surface area is 125 Å². The van der Waals surface area contributed by atoms with Crippen molar-refractivity contribution in [2.75, 3.05) is 19.5 Å². The minimum absolute atomic E-state index is 0.286. The van der Waals surface area contributed by atoms with Crippen molar-refractivity contribution in [1.82, 2.24) is 9.97 Å². The molecule has 0 amide bonds. The predicted octanol–water partition coefficient (Wildman–Crippen LogP) is 3.32. The first-order chi connectivity index (χ1) is 9.68. The monoisotopic (exact) mass is 293 g/mol. The summed E-state index contributed by atoms with van der Waals surface area (Å²) in [7, 11) is 3.75. The van der Waals surface area contributed by atoms with E-state index in [4.69, 9.17) is 14.7 Å². The van der Waals surface area contributed by atoms with E-state index in [1.807, 2.05) is 25.9 Å². The summed E-state index contributed by atoms with van der Waals surface area (Å²) in [4.78, 5) is 9.67. The predicted molar refractivity (Wildman–Crippen MR) is 82.9 cm³/mol. The third kappa shape index (κ3) is 2.31. The summed E-state index contributed by atoms with van der Waals surface area (Å²) in [5.41, 5.74) is 2.18. The summed E-state index contributed by atoms with van der Waals surface area (Å²) in [6, 6.07) is 0. The van der Waals surface area contributed by atoms with Crippen molar-refractivity contribution in [2.45, 2.75) is 49.7 Å². The van der Waals surface area contributed by atoms with Crippen molar-refractivity contribution in [2.24, 2.45) is 5.92 Å². The highest BCUT2D eigenvalue weighted by Crippen LogP contribution is 2.43. The van der Waals surface area contributed by atoms with E-state index in [2.05, 4.69) is 12.2 Å². The average molecular weight is 293 g/mol. The molecule has 1 N–H and O–H groups in total. The smallest absolute Gasteiger partial charge is 0.162 e. The Bertz CT molecular complexity index is 508. The Balaban J connectivity index is 2.04. The lowest BCUT2D eigenvalue weighted by molar-refractivity contribution is -0.0646. The molecule has 2 atom stereocenters. The summed E-state index contributed by atoms with van der Waals surface area (Å²) in [5, 5.41) is 3.24. The summed E-state index contributed by atoms with van der Waals surface area (Å²) in [6.07, 6.45) is 4.53. The molecule has 1 aromatic heterocycles. The number of ether oxygens (including phenoxy) is 1. The maximum Gasteiger partial charge on any atom is 0.162 e. The van der Waals surface area contributed by atoms with Gasteiger partial charge in [0.15, 0.2) is 5.82 Å². The zero-order valence-corrected chi connectivity index (χ0v) is 13.3. The van der Waals surface area contributed by atoms with Gasteiger partial charge in [0.1, 0.15) is 11.4 Å². The third-order valence-electron chi connectivity index (χ3n) is 4.57. The number of hydrogen-bond donors (Lipinski definition) is 1. The topological polar surface area (TPSA) is 47.0 Å². The fourth-order valence-electron chi connectivity index (χ4n) is 3.44. The molecule has 5 heteroatoms. The number of methoxy groups -OCH3 is 1. The van der Waals surface area contributed by atoms with Crippen LogP contribution in [-0.2, 0) is 21.8 Å². The van der Waals surface area contributed by atoms with Gasteiger partial charge < -0.3 is 10.1 Å². The van der Waals surface area contributed by atoms with E-state index < -0.39 is 0 Å². The maximum atomic E-state index is 5.93. The standard InChI is InChI=1S/C15H23N3OS/c1-10-5-4-6-15(7-10,19-3)14-17-12-9-20-8-11(12)13(16-2)18-14/h10H,4-9H2,1-3H3,(H,16,17,18). The Kier molecular flexibility index (Phi) is 3.91. The van der Waals surface area contributed by atoms with E-state index in [1.165, 1.54) is 24.1 Å². The van der Waals surface area contributed by atoms with Gasteiger partial charge in [-0.05, 0) is 25.2 Å². The van der Waals surface area contributed by atoms with Crippen LogP contribution in [0, 0.1) is 5.92 Å². The van der Waals surface area contributed by atoms with Gasteiger partial charge in [0, 0.05) is 31.2 Å². The highest BCUT2D eigenvalue weighted by atomic mass is 32.2. The van der Waals surface area contributed by atoms with Crippen LogP contribution in [0.2, 0.25) is 0 Å². The Morgan fingerprint density at radius 1 is 1.35 bits per heavy atom. The highest BCUT2D eigenvalue weighted by molar-refractivity contribution is 7.98. The molecule has 1 aliphatic heterocycles. The van der Waals surface area contributed by atoms with Crippen LogP contribution in [0.15, 0.2) is 0 Å². The van der Waals surface area contributed by atoms with Gasteiger partial charge in [0.05, 0.1) is 5.69 Å². The van der Waals surface area contributed by atoms with Crippen LogP contribution < -0.4 is 5.32 Å². The zero-order valence-electron chi connectivity index (χ0n) is 12.5. The molecule has 1 fully saturated rings. The van der Waals surface area contributed by atoms with Gasteiger partial charge in [0.2, 0.25) is 0 Å². The second kappa shape index (κ2) is 5.53. The van der Waals surface area contributed by atoms with Gasteiger partial charge >= 0.3 is 0 Å². The van der Waals surface area contributed by atoms with Crippen molar-refractivity contribution in [3.8, 4) is 0 Å². The van der Waals surface area contributed by atoms with E-state index >= 15 is 0 Å². The number of hydrogen-bond acceptors (Lipinski definition) is 5. The van der Waals surface area contributed by atoms with Crippen LogP contribution in [0.1, 0.15) is 49.7 Å². The van der Waals surface area contributed by atoms with E-state index in [0.717, 1.165) is 36.0 Å².